The number of carbonyl (C=O) groups excluding carboxylic acids is 1. The van der Waals surface area contributed by atoms with Gasteiger partial charge >= 0.3 is 5.97 Å². The van der Waals surface area contributed by atoms with Gasteiger partial charge in [0.25, 0.3) is 5.78 Å². The van der Waals surface area contributed by atoms with Crippen molar-refractivity contribution in [3.63, 3.8) is 0 Å². The Morgan fingerprint density at radius 1 is 1.22 bits per heavy atom. The largest absolute Gasteiger partial charge is 0.461 e. The molecular formula is C16H16N4O2S. The van der Waals surface area contributed by atoms with Crippen molar-refractivity contribution in [2.45, 2.75) is 19.0 Å². The van der Waals surface area contributed by atoms with E-state index >= 15 is 0 Å². The maximum atomic E-state index is 11.8. The number of carbonyl (C=O) groups is 1. The van der Waals surface area contributed by atoms with Crippen LogP contribution >= 0.6 is 11.8 Å². The fraction of sp³-hybridized carbons (Fsp3) is 0.250. The molecule has 0 atom stereocenters. The number of aryl methyl sites for hydroxylation is 2. The van der Waals surface area contributed by atoms with Crippen LogP contribution in [0.1, 0.15) is 21.7 Å². The van der Waals surface area contributed by atoms with E-state index in [2.05, 4.69) is 15.2 Å². The Kier molecular flexibility index (Phi) is 4.57. The third-order valence-corrected chi connectivity index (χ3v) is 4.11. The fourth-order valence-electron chi connectivity index (χ4n) is 2.22. The van der Waals surface area contributed by atoms with Gasteiger partial charge in [-0.3, -0.25) is 4.40 Å². The van der Waals surface area contributed by atoms with Crippen LogP contribution in [0.15, 0.2) is 41.6 Å². The Balaban J connectivity index is 1.58. The zero-order chi connectivity index (χ0) is 16.2. The number of aromatic nitrogens is 4. The molecule has 0 fully saturated rings. The Labute approximate surface area is 137 Å². The zero-order valence-corrected chi connectivity index (χ0v) is 13.7. The molecule has 0 aliphatic heterocycles. The predicted octanol–water partition coefficient (Wildman–Crippen LogP) is 2.69. The van der Waals surface area contributed by atoms with Crippen LogP contribution in [0.4, 0.5) is 0 Å². The topological polar surface area (TPSA) is 69.4 Å². The smallest absolute Gasteiger partial charge is 0.338 e. The average molecular weight is 328 g/mol. The quantitative estimate of drug-likeness (QED) is 0.407. The van der Waals surface area contributed by atoms with Crippen LogP contribution in [0.5, 0.6) is 0 Å². The van der Waals surface area contributed by atoms with Gasteiger partial charge in [-0.15, -0.1) is 10.2 Å². The second kappa shape index (κ2) is 6.78. The molecule has 2 aromatic heterocycles. The molecule has 3 rings (SSSR count). The summed E-state index contributed by atoms with van der Waals surface area (Å²) in [5, 5.41) is 8.97. The zero-order valence-electron chi connectivity index (χ0n) is 12.9. The van der Waals surface area contributed by atoms with Gasteiger partial charge < -0.3 is 4.74 Å². The first-order valence-corrected chi connectivity index (χ1v) is 8.18. The van der Waals surface area contributed by atoms with Gasteiger partial charge in [-0.1, -0.05) is 30.0 Å². The molecule has 0 bridgehead atoms. The number of nitrogens with zero attached hydrogens (tertiary/aromatic N) is 4. The highest BCUT2D eigenvalue weighted by atomic mass is 32.2. The first-order valence-electron chi connectivity index (χ1n) is 7.19. The predicted molar refractivity (Wildman–Crippen MR) is 87.7 cm³/mol. The minimum atomic E-state index is -0.314. The molecule has 0 N–H and O–H groups in total. The van der Waals surface area contributed by atoms with Crippen LogP contribution in [0.3, 0.4) is 0 Å². The summed E-state index contributed by atoms with van der Waals surface area (Å²) >= 11 is 1.49. The Hall–Kier alpha value is -2.41. The fourth-order valence-corrected chi connectivity index (χ4v) is 3.02. The summed E-state index contributed by atoms with van der Waals surface area (Å²) in [7, 11) is 0. The third-order valence-electron chi connectivity index (χ3n) is 3.22. The standard InChI is InChI=1S/C16H16N4O2S/c1-11-10-12(2)20-15(17-11)18-19-16(20)23-9-8-22-14(21)13-6-4-3-5-7-13/h3-7,10H,8-9H2,1-2H3. The van der Waals surface area contributed by atoms with Crippen molar-refractivity contribution in [3.8, 4) is 0 Å². The van der Waals surface area contributed by atoms with Crippen LogP contribution in [0, 0.1) is 13.8 Å². The van der Waals surface area contributed by atoms with Crippen molar-refractivity contribution in [3.05, 3.63) is 53.3 Å². The monoisotopic (exact) mass is 328 g/mol. The molecule has 0 aliphatic rings. The molecule has 0 aliphatic carbocycles. The lowest BCUT2D eigenvalue weighted by atomic mass is 10.2. The van der Waals surface area contributed by atoms with Gasteiger partial charge in [0.1, 0.15) is 6.61 Å². The summed E-state index contributed by atoms with van der Waals surface area (Å²) in [6, 6.07) is 10.9. The van der Waals surface area contributed by atoms with Gasteiger partial charge in [0.2, 0.25) is 0 Å². The minimum Gasteiger partial charge on any atom is -0.461 e. The van der Waals surface area contributed by atoms with Crippen molar-refractivity contribution < 1.29 is 9.53 Å². The van der Waals surface area contributed by atoms with Crippen LogP contribution in [0.2, 0.25) is 0 Å². The second-order valence-corrected chi connectivity index (χ2v) is 6.07. The van der Waals surface area contributed by atoms with E-state index < -0.39 is 0 Å². The summed E-state index contributed by atoms with van der Waals surface area (Å²) in [5.74, 6) is 0.879. The van der Waals surface area contributed by atoms with E-state index in [1.807, 2.05) is 42.5 Å². The molecule has 23 heavy (non-hydrogen) atoms. The van der Waals surface area contributed by atoms with E-state index in [0.717, 1.165) is 16.5 Å². The van der Waals surface area contributed by atoms with E-state index in [0.29, 0.717) is 23.7 Å². The van der Waals surface area contributed by atoms with Crippen LogP contribution in [-0.4, -0.2) is 37.9 Å². The highest BCUT2D eigenvalue weighted by molar-refractivity contribution is 7.99. The lowest BCUT2D eigenvalue weighted by Gasteiger charge is -2.05. The van der Waals surface area contributed by atoms with Crippen LogP contribution in [-0.2, 0) is 4.74 Å². The lowest BCUT2D eigenvalue weighted by Crippen LogP contribution is -2.08. The summed E-state index contributed by atoms with van der Waals surface area (Å²) in [4.78, 5) is 16.2. The Morgan fingerprint density at radius 3 is 2.78 bits per heavy atom. The molecule has 3 aromatic rings. The first kappa shape index (κ1) is 15.5. The maximum absolute atomic E-state index is 11.8. The number of ether oxygens (including phenoxy) is 1. The number of thioether (sulfide) groups is 1. The molecule has 0 amide bonds. The van der Waals surface area contributed by atoms with E-state index in [-0.39, 0.29) is 5.97 Å². The van der Waals surface area contributed by atoms with Gasteiger partial charge in [-0.25, -0.2) is 9.78 Å². The summed E-state index contributed by atoms with van der Waals surface area (Å²) in [6.07, 6.45) is 0. The molecule has 0 saturated heterocycles. The van der Waals surface area contributed by atoms with Gasteiger partial charge in [0.15, 0.2) is 5.16 Å². The number of benzene rings is 1. The van der Waals surface area contributed by atoms with E-state index in [1.165, 1.54) is 11.8 Å². The molecule has 6 nitrogen and oxygen atoms in total. The third kappa shape index (κ3) is 3.50. The molecule has 0 saturated carbocycles. The maximum Gasteiger partial charge on any atom is 0.338 e. The van der Waals surface area contributed by atoms with Gasteiger partial charge in [-0.2, -0.15) is 0 Å². The van der Waals surface area contributed by atoms with E-state index in [1.54, 1.807) is 12.1 Å². The second-order valence-electron chi connectivity index (χ2n) is 5.01. The van der Waals surface area contributed by atoms with Crippen LogP contribution in [0.25, 0.3) is 5.78 Å². The highest BCUT2D eigenvalue weighted by Gasteiger charge is 2.11. The highest BCUT2D eigenvalue weighted by Crippen LogP contribution is 2.18. The van der Waals surface area contributed by atoms with Gasteiger partial charge in [0, 0.05) is 17.1 Å². The van der Waals surface area contributed by atoms with Crippen LogP contribution < -0.4 is 0 Å². The van der Waals surface area contributed by atoms with Crippen molar-refractivity contribution >= 4 is 23.5 Å². The summed E-state index contributed by atoms with van der Waals surface area (Å²) in [6.45, 7) is 4.23. The SMILES string of the molecule is Cc1cc(C)n2c(SCCOC(=O)c3ccccc3)nnc2n1. The van der Waals surface area contributed by atoms with Crippen molar-refractivity contribution in [2.24, 2.45) is 0 Å². The van der Waals surface area contributed by atoms with E-state index in [4.69, 9.17) is 4.74 Å². The molecule has 1 aromatic carbocycles. The number of hydrogen-bond donors (Lipinski definition) is 0. The Morgan fingerprint density at radius 2 is 2.00 bits per heavy atom. The molecule has 0 spiro atoms. The molecule has 2 heterocycles. The number of fused-ring (bicyclic) bond motifs is 1. The van der Waals surface area contributed by atoms with E-state index in [9.17, 15) is 4.79 Å². The molecule has 0 radical (unpaired) electrons. The normalized spacial score (nSPS) is 10.9. The summed E-state index contributed by atoms with van der Waals surface area (Å²) < 4.78 is 7.15. The molecular weight excluding hydrogens is 312 g/mol. The molecule has 0 unspecified atom stereocenters. The Bertz CT molecular complexity index is 833. The lowest BCUT2D eigenvalue weighted by molar-refractivity contribution is 0.0530. The summed E-state index contributed by atoms with van der Waals surface area (Å²) in [5.41, 5.74) is 2.50. The minimum absolute atomic E-state index is 0.311. The number of hydrogen-bond acceptors (Lipinski definition) is 6. The number of rotatable bonds is 5. The van der Waals surface area contributed by atoms with Crippen molar-refractivity contribution in [1.29, 1.82) is 0 Å². The molecule has 7 heteroatoms. The first-order chi connectivity index (χ1) is 11.1. The molecule has 118 valence electrons. The van der Waals surface area contributed by atoms with Crippen molar-refractivity contribution in [1.82, 2.24) is 19.6 Å². The average Bonchev–Trinajstić information content (AvgIpc) is 2.95. The van der Waals surface area contributed by atoms with Gasteiger partial charge in [0.05, 0.1) is 5.56 Å². The van der Waals surface area contributed by atoms with Crippen molar-refractivity contribution in [2.75, 3.05) is 12.4 Å². The number of esters is 1. The van der Waals surface area contributed by atoms with Gasteiger partial charge in [-0.05, 0) is 32.0 Å².